The summed E-state index contributed by atoms with van der Waals surface area (Å²) >= 11 is 7.68. The van der Waals surface area contributed by atoms with Crippen LogP contribution in [0.25, 0.3) is 17.1 Å². The van der Waals surface area contributed by atoms with Crippen LogP contribution >= 0.6 is 23.4 Å². The van der Waals surface area contributed by atoms with Crippen LogP contribution in [0.1, 0.15) is 11.1 Å². The van der Waals surface area contributed by atoms with E-state index in [9.17, 15) is 4.79 Å². The third kappa shape index (κ3) is 4.98. The van der Waals surface area contributed by atoms with Crippen molar-refractivity contribution in [2.75, 3.05) is 11.1 Å². The highest BCUT2D eigenvalue weighted by Gasteiger charge is 2.18. The molecule has 0 spiro atoms. The van der Waals surface area contributed by atoms with Crippen molar-refractivity contribution in [1.29, 1.82) is 0 Å². The molecule has 0 aliphatic heterocycles. The summed E-state index contributed by atoms with van der Waals surface area (Å²) in [6, 6.07) is 23.4. The monoisotopic (exact) mass is 448 g/mol. The second kappa shape index (κ2) is 9.37. The predicted octanol–water partition coefficient (Wildman–Crippen LogP) is 5.94. The van der Waals surface area contributed by atoms with Gasteiger partial charge in [0.15, 0.2) is 11.0 Å². The molecule has 4 aromatic rings. The molecule has 3 aromatic carbocycles. The van der Waals surface area contributed by atoms with Crippen molar-refractivity contribution in [1.82, 2.24) is 14.8 Å². The molecular weight excluding hydrogens is 428 g/mol. The third-order valence-electron chi connectivity index (χ3n) is 4.75. The first-order valence-electron chi connectivity index (χ1n) is 9.78. The maximum Gasteiger partial charge on any atom is 0.234 e. The zero-order chi connectivity index (χ0) is 21.8. The smallest absolute Gasteiger partial charge is 0.234 e. The van der Waals surface area contributed by atoms with Crippen molar-refractivity contribution in [2.45, 2.75) is 19.0 Å². The molecule has 0 atom stereocenters. The lowest BCUT2D eigenvalue weighted by Gasteiger charge is -2.11. The second-order valence-corrected chi connectivity index (χ2v) is 8.49. The fraction of sp³-hybridized carbons (Fsp3) is 0.125. The number of para-hydroxylation sites is 1. The molecule has 0 radical (unpaired) electrons. The molecule has 0 unspecified atom stereocenters. The van der Waals surface area contributed by atoms with E-state index >= 15 is 0 Å². The lowest BCUT2D eigenvalue weighted by Crippen LogP contribution is -2.14. The minimum Gasteiger partial charge on any atom is -0.325 e. The second-order valence-electron chi connectivity index (χ2n) is 7.14. The number of hydrogen-bond acceptors (Lipinski definition) is 4. The van der Waals surface area contributed by atoms with Crippen molar-refractivity contribution in [3.05, 3.63) is 88.9 Å². The van der Waals surface area contributed by atoms with E-state index in [-0.39, 0.29) is 11.7 Å². The quantitative estimate of drug-likeness (QED) is 0.371. The molecule has 1 aromatic heterocycles. The molecule has 0 fully saturated rings. The van der Waals surface area contributed by atoms with E-state index in [0.717, 1.165) is 28.1 Å². The fourth-order valence-electron chi connectivity index (χ4n) is 3.06. The normalized spacial score (nSPS) is 10.8. The van der Waals surface area contributed by atoms with Gasteiger partial charge in [0.05, 0.1) is 5.75 Å². The summed E-state index contributed by atoms with van der Waals surface area (Å²) < 4.78 is 1.95. The van der Waals surface area contributed by atoms with E-state index in [0.29, 0.717) is 16.0 Å². The molecule has 31 heavy (non-hydrogen) atoms. The molecule has 0 aliphatic carbocycles. The van der Waals surface area contributed by atoms with Crippen molar-refractivity contribution >= 4 is 35.0 Å². The predicted molar refractivity (Wildman–Crippen MR) is 127 cm³/mol. The SMILES string of the molecule is Cc1ccc(NC(=O)CSc2nnc(-c3ccc(C)c(Cl)c3)n2-c2ccccc2)cc1. The van der Waals surface area contributed by atoms with Crippen LogP contribution in [0.5, 0.6) is 0 Å². The lowest BCUT2D eigenvalue weighted by molar-refractivity contribution is -0.113. The number of rotatable bonds is 6. The van der Waals surface area contributed by atoms with Gasteiger partial charge >= 0.3 is 0 Å². The molecule has 7 heteroatoms. The zero-order valence-electron chi connectivity index (χ0n) is 17.2. The summed E-state index contributed by atoms with van der Waals surface area (Å²) in [5.74, 6) is 0.791. The van der Waals surface area contributed by atoms with Gasteiger partial charge < -0.3 is 5.32 Å². The Labute approximate surface area is 190 Å². The third-order valence-corrected chi connectivity index (χ3v) is 6.08. The summed E-state index contributed by atoms with van der Waals surface area (Å²) in [6.07, 6.45) is 0. The van der Waals surface area contributed by atoms with Gasteiger partial charge in [-0.25, -0.2) is 0 Å². The van der Waals surface area contributed by atoms with Crippen molar-refractivity contribution in [2.24, 2.45) is 0 Å². The topological polar surface area (TPSA) is 59.8 Å². The maximum absolute atomic E-state index is 12.5. The Bertz CT molecular complexity index is 1210. The summed E-state index contributed by atoms with van der Waals surface area (Å²) in [7, 11) is 0. The molecule has 1 heterocycles. The van der Waals surface area contributed by atoms with Crippen molar-refractivity contribution in [3.8, 4) is 17.1 Å². The van der Waals surface area contributed by atoms with Crippen LogP contribution in [0.15, 0.2) is 78.0 Å². The number of benzene rings is 3. The van der Waals surface area contributed by atoms with E-state index in [2.05, 4.69) is 15.5 Å². The van der Waals surface area contributed by atoms with E-state index in [1.54, 1.807) is 0 Å². The molecule has 0 saturated carbocycles. The van der Waals surface area contributed by atoms with Gasteiger partial charge in [-0.3, -0.25) is 9.36 Å². The summed E-state index contributed by atoms with van der Waals surface area (Å²) in [4.78, 5) is 12.5. The Morgan fingerprint density at radius 3 is 2.45 bits per heavy atom. The van der Waals surface area contributed by atoms with E-state index in [4.69, 9.17) is 11.6 Å². The van der Waals surface area contributed by atoms with E-state index in [1.807, 2.05) is 91.2 Å². The van der Waals surface area contributed by atoms with Gasteiger partial charge in [-0.05, 0) is 49.7 Å². The number of aromatic nitrogens is 3. The number of thioether (sulfide) groups is 1. The minimum atomic E-state index is -0.101. The minimum absolute atomic E-state index is 0.101. The number of carbonyl (C=O) groups excluding carboxylic acids is 1. The van der Waals surface area contributed by atoms with E-state index in [1.165, 1.54) is 11.8 Å². The standard InChI is InChI=1S/C24H21ClN4OS/c1-16-8-12-19(13-9-16)26-22(30)15-31-24-28-27-23(18-11-10-17(2)21(25)14-18)29(24)20-6-4-3-5-7-20/h3-14H,15H2,1-2H3,(H,26,30). The van der Waals surface area contributed by atoms with Gasteiger partial charge in [-0.2, -0.15) is 0 Å². The van der Waals surface area contributed by atoms with Gasteiger partial charge in [0, 0.05) is 22.0 Å². The highest BCUT2D eigenvalue weighted by atomic mass is 35.5. The molecule has 4 rings (SSSR count). The Balaban J connectivity index is 1.60. The molecule has 0 aliphatic rings. The Morgan fingerprint density at radius 1 is 1.00 bits per heavy atom. The number of anilines is 1. The van der Waals surface area contributed by atoms with Crippen LogP contribution in [0.3, 0.4) is 0 Å². The first-order valence-corrected chi connectivity index (χ1v) is 11.1. The molecule has 0 bridgehead atoms. The van der Waals surface area contributed by atoms with Crippen molar-refractivity contribution in [3.63, 3.8) is 0 Å². The Morgan fingerprint density at radius 2 is 1.74 bits per heavy atom. The first-order chi connectivity index (χ1) is 15.0. The maximum atomic E-state index is 12.5. The molecule has 1 amide bonds. The van der Waals surface area contributed by atoms with Gasteiger partial charge in [-0.15, -0.1) is 10.2 Å². The molecular formula is C24H21ClN4OS. The Kier molecular flexibility index (Phi) is 6.39. The van der Waals surface area contributed by atoms with Gasteiger partial charge in [0.1, 0.15) is 0 Å². The highest BCUT2D eigenvalue weighted by Crippen LogP contribution is 2.30. The van der Waals surface area contributed by atoms with Gasteiger partial charge in [0.2, 0.25) is 5.91 Å². The highest BCUT2D eigenvalue weighted by molar-refractivity contribution is 7.99. The van der Waals surface area contributed by atoms with Crippen LogP contribution in [-0.2, 0) is 4.79 Å². The number of halogens is 1. The number of aryl methyl sites for hydroxylation is 2. The van der Waals surface area contributed by atoms with Crippen LogP contribution in [-0.4, -0.2) is 26.4 Å². The lowest BCUT2D eigenvalue weighted by atomic mass is 10.1. The number of carbonyl (C=O) groups is 1. The number of nitrogens with zero attached hydrogens (tertiary/aromatic N) is 3. The fourth-order valence-corrected chi connectivity index (χ4v) is 3.99. The first kappa shape index (κ1) is 21.2. The van der Waals surface area contributed by atoms with Crippen LogP contribution in [0.4, 0.5) is 5.69 Å². The number of hydrogen-bond donors (Lipinski definition) is 1. The van der Waals surface area contributed by atoms with Crippen LogP contribution in [0.2, 0.25) is 5.02 Å². The summed E-state index contributed by atoms with van der Waals surface area (Å²) in [5.41, 5.74) is 4.70. The average Bonchev–Trinajstić information content (AvgIpc) is 3.20. The molecule has 0 saturated heterocycles. The van der Waals surface area contributed by atoms with E-state index < -0.39 is 0 Å². The number of nitrogens with one attached hydrogen (secondary N) is 1. The summed E-state index contributed by atoms with van der Waals surface area (Å²) in [6.45, 7) is 3.97. The van der Waals surface area contributed by atoms with Gasteiger partial charge in [0.25, 0.3) is 0 Å². The van der Waals surface area contributed by atoms with Crippen LogP contribution in [0, 0.1) is 13.8 Å². The number of amides is 1. The summed E-state index contributed by atoms with van der Waals surface area (Å²) in [5, 5.41) is 13.0. The zero-order valence-corrected chi connectivity index (χ0v) is 18.7. The molecule has 1 N–H and O–H groups in total. The van der Waals surface area contributed by atoms with Crippen LogP contribution < -0.4 is 5.32 Å². The Hall–Kier alpha value is -3.09. The largest absolute Gasteiger partial charge is 0.325 e. The van der Waals surface area contributed by atoms with Crippen molar-refractivity contribution < 1.29 is 4.79 Å². The van der Waals surface area contributed by atoms with Gasteiger partial charge in [-0.1, -0.05) is 71.4 Å². The molecule has 156 valence electrons. The average molecular weight is 449 g/mol. The molecule has 5 nitrogen and oxygen atoms in total.